The monoisotopic (exact) mass is 1070 g/mol. The zero-order chi connectivity index (χ0) is 55.7. The Balaban J connectivity index is 4.30. The van der Waals surface area contributed by atoms with Crippen molar-refractivity contribution in [2.45, 2.75) is 348 Å². The van der Waals surface area contributed by atoms with Gasteiger partial charge in [-0.25, -0.2) is 0 Å². The third-order valence-corrected chi connectivity index (χ3v) is 14.7. The van der Waals surface area contributed by atoms with Crippen LogP contribution in [0.15, 0.2) is 72.9 Å². The van der Waals surface area contributed by atoms with E-state index in [-0.39, 0.29) is 37.5 Å². The molecule has 1 atom stereocenters. The number of esters is 3. The standard InChI is InChI=1S/C71H126O6/c1-4-7-10-13-16-19-22-25-27-29-31-33-34-35-36-38-39-41-43-46-49-52-55-58-61-64-70(73)76-67-68(66-75-69(72)63-60-57-54-51-48-45-24-21-18-15-12-9-6-3)77-71(74)65-62-59-56-53-50-47-44-42-40-37-32-30-28-26-23-20-17-14-11-8-5-2/h9,12,18,21,23,26,30,32,45,48,54,57,68H,4-8,10-11,13-17,19-20,22,24-25,27-29,31,33-44,46-47,49-53,55-56,58-67H2,1-3H3/b12-9-,21-18-,26-23-,32-30-,48-45-,57-54-. The highest BCUT2D eigenvalue weighted by Crippen LogP contribution is 2.18. The van der Waals surface area contributed by atoms with E-state index < -0.39 is 6.10 Å². The second-order valence-corrected chi connectivity index (χ2v) is 22.4. The van der Waals surface area contributed by atoms with Crippen LogP contribution in [-0.4, -0.2) is 37.2 Å². The van der Waals surface area contributed by atoms with Gasteiger partial charge in [0.1, 0.15) is 13.2 Å². The second-order valence-electron chi connectivity index (χ2n) is 22.4. The van der Waals surface area contributed by atoms with Gasteiger partial charge in [-0.2, -0.15) is 0 Å². The fraction of sp³-hybridized carbons (Fsp3) is 0.789. The summed E-state index contributed by atoms with van der Waals surface area (Å²) in [7, 11) is 0. The molecule has 0 radical (unpaired) electrons. The molecule has 77 heavy (non-hydrogen) atoms. The van der Waals surface area contributed by atoms with Crippen LogP contribution in [0, 0.1) is 0 Å². The number of hydrogen-bond donors (Lipinski definition) is 0. The average Bonchev–Trinajstić information content (AvgIpc) is 3.43. The van der Waals surface area contributed by atoms with E-state index in [1.54, 1.807) is 0 Å². The summed E-state index contributed by atoms with van der Waals surface area (Å²) in [5, 5.41) is 0. The highest BCUT2D eigenvalue weighted by atomic mass is 16.6. The van der Waals surface area contributed by atoms with Crippen molar-refractivity contribution in [2.75, 3.05) is 13.2 Å². The van der Waals surface area contributed by atoms with Crippen LogP contribution >= 0.6 is 0 Å². The summed E-state index contributed by atoms with van der Waals surface area (Å²) in [5.74, 6) is -0.969. The Morgan fingerprint density at radius 1 is 0.273 bits per heavy atom. The molecule has 6 nitrogen and oxygen atoms in total. The minimum Gasteiger partial charge on any atom is -0.462 e. The lowest BCUT2D eigenvalue weighted by Crippen LogP contribution is -2.30. The smallest absolute Gasteiger partial charge is 0.306 e. The molecular weight excluding hydrogens is 949 g/mol. The minimum absolute atomic E-state index is 0.0961. The average molecular weight is 1080 g/mol. The van der Waals surface area contributed by atoms with Crippen LogP contribution in [0.1, 0.15) is 342 Å². The maximum atomic E-state index is 12.9. The van der Waals surface area contributed by atoms with Crippen LogP contribution in [0.4, 0.5) is 0 Å². The first-order chi connectivity index (χ1) is 38.0. The molecule has 446 valence electrons. The molecule has 0 saturated carbocycles. The molecule has 0 bridgehead atoms. The van der Waals surface area contributed by atoms with E-state index in [2.05, 4.69) is 87.6 Å². The number of allylic oxidation sites excluding steroid dienone is 12. The Hall–Kier alpha value is -3.15. The van der Waals surface area contributed by atoms with Crippen LogP contribution in [0.25, 0.3) is 0 Å². The van der Waals surface area contributed by atoms with Gasteiger partial charge in [-0.05, 0) is 77.0 Å². The summed E-state index contributed by atoms with van der Waals surface area (Å²) in [6.45, 7) is 6.50. The van der Waals surface area contributed by atoms with E-state index in [1.807, 2.05) is 6.08 Å². The fourth-order valence-corrected chi connectivity index (χ4v) is 9.73. The number of rotatable bonds is 61. The van der Waals surface area contributed by atoms with Gasteiger partial charge in [-0.15, -0.1) is 0 Å². The summed E-state index contributed by atoms with van der Waals surface area (Å²) in [6.07, 6.45) is 85.2. The van der Waals surface area contributed by atoms with E-state index in [0.29, 0.717) is 19.3 Å². The summed E-state index contributed by atoms with van der Waals surface area (Å²) in [4.78, 5) is 38.3. The van der Waals surface area contributed by atoms with Gasteiger partial charge < -0.3 is 14.2 Å². The number of carbonyl (C=O) groups excluding carboxylic acids is 3. The molecule has 0 heterocycles. The summed E-state index contributed by atoms with van der Waals surface area (Å²) < 4.78 is 16.9. The van der Waals surface area contributed by atoms with E-state index in [1.165, 1.54) is 225 Å². The van der Waals surface area contributed by atoms with E-state index in [9.17, 15) is 14.4 Å². The van der Waals surface area contributed by atoms with Gasteiger partial charge in [0, 0.05) is 19.3 Å². The van der Waals surface area contributed by atoms with Crippen molar-refractivity contribution in [2.24, 2.45) is 0 Å². The Bertz CT molecular complexity index is 1420. The van der Waals surface area contributed by atoms with Gasteiger partial charge in [-0.3, -0.25) is 14.4 Å². The zero-order valence-electron chi connectivity index (χ0n) is 51.2. The molecule has 0 fully saturated rings. The lowest BCUT2D eigenvalue weighted by Gasteiger charge is -2.18. The van der Waals surface area contributed by atoms with Gasteiger partial charge in [0.15, 0.2) is 6.10 Å². The van der Waals surface area contributed by atoms with Crippen LogP contribution < -0.4 is 0 Å². The Labute approximate surface area is 478 Å². The van der Waals surface area contributed by atoms with E-state index in [4.69, 9.17) is 14.2 Å². The lowest BCUT2D eigenvalue weighted by molar-refractivity contribution is -0.166. The summed E-state index contributed by atoms with van der Waals surface area (Å²) >= 11 is 0. The highest BCUT2D eigenvalue weighted by Gasteiger charge is 2.19. The summed E-state index contributed by atoms with van der Waals surface area (Å²) in [5.41, 5.74) is 0. The maximum Gasteiger partial charge on any atom is 0.306 e. The number of carbonyl (C=O) groups is 3. The molecule has 0 N–H and O–H groups in total. The highest BCUT2D eigenvalue weighted by molar-refractivity contribution is 5.71. The largest absolute Gasteiger partial charge is 0.462 e. The van der Waals surface area contributed by atoms with Gasteiger partial charge in [0.2, 0.25) is 0 Å². The summed E-state index contributed by atoms with van der Waals surface area (Å²) in [6, 6.07) is 0. The normalized spacial score (nSPS) is 12.5. The molecule has 0 aromatic heterocycles. The van der Waals surface area contributed by atoms with Gasteiger partial charge in [0.05, 0.1) is 0 Å². The fourth-order valence-electron chi connectivity index (χ4n) is 9.73. The topological polar surface area (TPSA) is 78.9 Å². The molecule has 0 aromatic rings. The van der Waals surface area contributed by atoms with E-state index in [0.717, 1.165) is 70.6 Å². The van der Waals surface area contributed by atoms with Crippen LogP contribution in [0.3, 0.4) is 0 Å². The minimum atomic E-state index is -0.806. The SMILES string of the molecule is CC/C=C\C/C=C\C/C=C\C/C=C\CCC(=O)OCC(COC(=O)CCCCCCCCCCCCCCCCCCCCCCCCCCC)OC(=O)CCCCCCCCCCC/C=C\C/C=C\CCCCCCC. The molecule has 0 aliphatic carbocycles. The molecule has 6 heteroatoms. The molecule has 0 spiro atoms. The first-order valence-electron chi connectivity index (χ1n) is 33.4. The molecular formula is C71H126O6. The third-order valence-electron chi connectivity index (χ3n) is 14.7. The van der Waals surface area contributed by atoms with Crippen LogP contribution in [-0.2, 0) is 28.6 Å². The Kier molecular flexibility index (Phi) is 62.7. The number of ether oxygens (including phenoxy) is 3. The van der Waals surface area contributed by atoms with Gasteiger partial charge >= 0.3 is 17.9 Å². The molecule has 0 aromatic carbocycles. The Morgan fingerprint density at radius 3 is 0.870 bits per heavy atom. The van der Waals surface area contributed by atoms with Crippen molar-refractivity contribution in [1.29, 1.82) is 0 Å². The third kappa shape index (κ3) is 63.6. The predicted octanol–water partition coefficient (Wildman–Crippen LogP) is 22.9. The van der Waals surface area contributed by atoms with Gasteiger partial charge in [0.25, 0.3) is 0 Å². The molecule has 0 saturated heterocycles. The van der Waals surface area contributed by atoms with Crippen molar-refractivity contribution < 1.29 is 28.6 Å². The van der Waals surface area contributed by atoms with Gasteiger partial charge in [-0.1, -0.05) is 318 Å². The quantitative estimate of drug-likeness (QED) is 0.0261. The second kappa shape index (κ2) is 65.4. The van der Waals surface area contributed by atoms with Crippen LogP contribution in [0.5, 0.6) is 0 Å². The van der Waals surface area contributed by atoms with Crippen molar-refractivity contribution in [3.8, 4) is 0 Å². The molecule has 0 amide bonds. The van der Waals surface area contributed by atoms with Crippen molar-refractivity contribution in [3.63, 3.8) is 0 Å². The number of hydrogen-bond acceptors (Lipinski definition) is 6. The predicted molar refractivity (Wildman–Crippen MR) is 335 cm³/mol. The lowest BCUT2D eigenvalue weighted by atomic mass is 10.0. The molecule has 1 unspecified atom stereocenters. The first-order valence-corrected chi connectivity index (χ1v) is 33.4. The van der Waals surface area contributed by atoms with Crippen molar-refractivity contribution in [1.82, 2.24) is 0 Å². The number of unbranched alkanes of at least 4 members (excludes halogenated alkanes) is 38. The molecule has 0 rings (SSSR count). The van der Waals surface area contributed by atoms with Crippen molar-refractivity contribution in [3.05, 3.63) is 72.9 Å². The van der Waals surface area contributed by atoms with E-state index >= 15 is 0 Å². The van der Waals surface area contributed by atoms with Crippen LogP contribution in [0.2, 0.25) is 0 Å². The van der Waals surface area contributed by atoms with Crippen molar-refractivity contribution >= 4 is 17.9 Å². The maximum absolute atomic E-state index is 12.9. The Morgan fingerprint density at radius 2 is 0.532 bits per heavy atom. The molecule has 0 aliphatic heterocycles. The molecule has 0 aliphatic rings. The zero-order valence-corrected chi connectivity index (χ0v) is 51.2. The first kappa shape index (κ1) is 73.8.